The van der Waals surface area contributed by atoms with Gasteiger partial charge in [-0.1, -0.05) is 24.3 Å². The Morgan fingerprint density at radius 2 is 1.80 bits per heavy atom. The first-order chi connectivity index (χ1) is 11.9. The van der Waals surface area contributed by atoms with Gasteiger partial charge in [0.25, 0.3) is 5.91 Å². The molecule has 0 unspecified atom stereocenters. The minimum absolute atomic E-state index is 0.148. The molecule has 2 aromatic rings. The summed E-state index contributed by atoms with van der Waals surface area (Å²) < 4.78 is 5.57. The predicted octanol–water partition coefficient (Wildman–Crippen LogP) is 2.22. The lowest BCUT2D eigenvalue weighted by Gasteiger charge is -2.26. The molecule has 130 valence electrons. The van der Waals surface area contributed by atoms with Crippen LogP contribution in [-0.2, 0) is 17.6 Å². The molecule has 0 aliphatic heterocycles. The van der Waals surface area contributed by atoms with Gasteiger partial charge in [0, 0.05) is 19.0 Å². The van der Waals surface area contributed by atoms with Gasteiger partial charge in [-0.15, -0.1) is 0 Å². The maximum absolute atomic E-state index is 12.8. The minimum atomic E-state index is -1.36. The van der Waals surface area contributed by atoms with Crippen molar-refractivity contribution in [2.24, 2.45) is 0 Å². The Bertz CT molecular complexity index is 792. The average Bonchev–Trinajstić information content (AvgIpc) is 2.94. The fourth-order valence-electron chi connectivity index (χ4n) is 3.07. The molecule has 0 atom stereocenters. The number of hydrogen-bond donors (Lipinski definition) is 2. The highest BCUT2D eigenvalue weighted by Crippen LogP contribution is 2.31. The molecule has 0 radical (unpaired) electrons. The minimum Gasteiger partial charge on any atom is -0.479 e. The van der Waals surface area contributed by atoms with E-state index < -0.39 is 17.4 Å². The lowest BCUT2D eigenvalue weighted by Crippen LogP contribution is -2.55. The van der Waals surface area contributed by atoms with Crippen LogP contribution in [0.2, 0.25) is 0 Å². The summed E-state index contributed by atoms with van der Waals surface area (Å²) in [5, 5.41) is 12.5. The number of carboxylic acid groups (broad SMARTS) is 1. The number of benzene rings is 1. The second-order valence-electron chi connectivity index (χ2n) is 6.49. The molecule has 1 heterocycles. The van der Waals surface area contributed by atoms with E-state index in [-0.39, 0.29) is 30.4 Å². The Balaban J connectivity index is 1.88. The molecule has 3 rings (SSSR count). The number of rotatable bonds is 5. The fourth-order valence-corrected chi connectivity index (χ4v) is 3.07. The van der Waals surface area contributed by atoms with Crippen molar-refractivity contribution in [3.8, 4) is 5.88 Å². The average molecular weight is 340 g/mol. The van der Waals surface area contributed by atoms with E-state index in [0.717, 1.165) is 11.1 Å². The summed E-state index contributed by atoms with van der Waals surface area (Å²) in [5.74, 6) is -1.35. The van der Waals surface area contributed by atoms with Crippen LogP contribution in [-0.4, -0.2) is 33.6 Å². The molecular formula is C19H20N2O4. The van der Waals surface area contributed by atoms with E-state index in [1.165, 1.54) is 6.20 Å². The lowest BCUT2D eigenvalue weighted by atomic mass is 9.95. The molecule has 0 saturated carbocycles. The summed E-state index contributed by atoms with van der Waals surface area (Å²) in [6, 6.07) is 10.7. The molecule has 1 aromatic heterocycles. The summed E-state index contributed by atoms with van der Waals surface area (Å²) in [6.07, 6.45) is 1.90. The highest BCUT2D eigenvalue weighted by Gasteiger charge is 2.45. The highest BCUT2D eigenvalue weighted by atomic mass is 16.5. The van der Waals surface area contributed by atoms with Gasteiger partial charge in [-0.05, 0) is 37.1 Å². The Morgan fingerprint density at radius 1 is 1.16 bits per heavy atom. The topological polar surface area (TPSA) is 88.5 Å². The van der Waals surface area contributed by atoms with Crippen LogP contribution in [0.5, 0.6) is 5.88 Å². The third kappa shape index (κ3) is 3.33. The van der Waals surface area contributed by atoms with Crippen LogP contribution < -0.4 is 10.1 Å². The smallest absolute Gasteiger partial charge is 0.330 e. The summed E-state index contributed by atoms with van der Waals surface area (Å²) in [5.41, 5.74) is 0.754. The number of aliphatic carboxylic acids is 1. The molecule has 6 heteroatoms. The van der Waals surface area contributed by atoms with Crippen molar-refractivity contribution in [3.05, 3.63) is 59.3 Å². The molecule has 1 aromatic carbocycles. The van der Waals surface area contributed by atoms with E-state index in [1.807, 2.05) is 38.1 Å². The molecule has 25 heavy (non-hydrogen) atoms. The largest absolute Gasteiger partial charge is 0.479 e. The lowest BCUT2D eigenvalue weighted by molar-refractivity contribution is -0.144. The first kappa shape index (κ1) is 17.0. The van der Waals surface area contributed by atoms with Crippen LogP contribution in [0.15, 0.2) is 42.6 Å². The zero-order valence-corrected chi connectivity index (χ0v) is 14.2. The number of aromatic nitrogens is 1. The summed E-state index contributed by atoms with van der Waals surface area (Å²) >= 11 is 0. The molecule has 0 bridgehead atoms. The maximum atomic E-state index is 12.8. The van der Waals surface area contributed by atoms with Crippen LogP contribution in [0.25, 0.3) is 0 Å². The summed E-state index contributed by atoms with van der Waals surface area (Å²) in [4.78, 5) is 28.8. The van der Waals surface area contributed by atoms with Crippen molar-refractivity contribution < 1.29 is 19.4 Å². The first-order valence-electron chi connectivity index (χ1n) is 8.16. The van der Waals surface area contributed by atoms with Gasteiger partial charge in [0.1, 0.15) is 11.1 Å². The SMILES string of the molecule is CC(C)Oc1ncccc1C(=O)NC1(C(=O)O)Cc2ccccc2C1. The molecule has 1 aliphatic rings. The third-order valence-electron chi connectivity index (χ3n) is 4.23. The second kappa shape index (κ2) is 6.55. The predicted molar refractivity (Wildman–Crippen MR) is 91.7 cm³/mol. The molecule has 1 aliphatic carbocycles. The van der Waals surface area contributed by atoms with Crippen molar-refractivity contribution in [3.63, 3.8) is 0 Å². The van der Waals surface area contributed by atoms with Gasteiger partial charge in [-0.3, -0.25) is 4.79 Å². The normalized spacial score (nSPS) is 14.8. The third-order valence-corrected chi connectivity index (χ3v) is 4.23. The van der Waals surface area contributed by atoms with E-state index in [9.17, 15) is 14.7 Å². The molecule has 6 nitrogen and oxygen atoms in total. The number of ether oxygens (including phenoxy) is 1. The van der Waals surface area contributed by atoms with Gasteiger partial charge in [-0.2, -0.15) is 0 Å². The molecule has 1 amide bonds. The quantitative estimate of drug-likeness (QED) is 0.871. The van der Waals surface area contributed by atoms with Gasteiger partial charge < -0.3 is 15.2 Å². The van der Waals surface area contributed by atoms with Crippen LogP contribution >= 0.6 is 0 Å². The van der Waals surface area contributed by atoms with Crippen molar-refractivity contribution in [1.82, 2.24) is 10.3 Å². The van der Waals surface area contributed by atoms with E-state index in [0.29, 0.717) is 0 Å². The van der Waals surface area contributed by atoms with Gasteiger partial charge in [0.05, 0.1) is 6.10 Å². The Kier molecular flexibility index (Phi) is 4.44. The second-order valence-corrected chi connectivity index (χ2v) is 6.49. The number of pyridine rings is 1. The number of hydrogen-bond acceptors (Lipinski definition) is 4. The van der Waals surface area contributed by atoms with E-state index in [4.69, 9.17) is 4.74 Å². The number of carboxylic acids is 1. The molecule has 0 fully saturated rings. The van der Waals surface area contributed by atoms with E-state index >= 15 is 0 Å². The molecule has 2 N–H and O–H groups in total. The Labute approximate surface area is 145 Å². The number of nitrogens with one attached hydrogen (secondary N) is 1. The highest BCUT2D eigenvalue weighted by molar-refractivity contribution is 6.00. The summed E-state index contributed by atoms with van der Waals surface area (Å²) in [6.45, 7) is 3.67. The molecular weight excluding hydrogens is 320 g/mol. The van der Waals surface area contributed by atoms with E-state index in [1.54, 1.807) is 12.1 Å². The van der Waals surface area contributed by atoms with Crippen LogP contribution in [0.3, 0.4) is 0 Å². The standard InChI is InChI=1S/C19H20N2O4/c1-12(2)25-17-15(8-5-9-20-17)16(22)21-19(18(23)24)10-13-6-3-4-7-14(13)11-19/h3-9,12H,10-11H2,1-2H3,(H,21,22)(H,23,24). The zero-order valence-electron chi connectivity index (χ0n) is 14.2. The van der Waals surface area contributed by atoms with Crippen molar-refractivity contribution >= 4 is 11.9 Å². The Hall–Kier alpha value is -2.89. The number of amides is 1. The van der Waals surface area contributed by atoms with Gasteiger partial charge in [0.2, 0.25) is 5.88 Å². The van der Waals surface area contributed by atoms with Gasteiger partial charge >= 0.3 is 5.97 Å². The maximum Gasteiger partial charge on any atom is 0.330 e. The van der Waals surface area contributed by atoms with Crippen LogP contribution in [0.4, 0.5) is 0 Å². The number of carbonyl (C=O) groups excluding carboxylic acids is 1. The number of fused-ring (bicyclic) bond motifs is 1. The molecule has 0 spiro atoms. The number of nitrogens with zero attached hydrogens (tertiary/aromatic N) is 1. The van der Waals surface area contributed by atoms with Crippen molar-refractivity contribution in [2.45, 2.75) is 38.3 Å². The van der Waals surface area contributed by atoms with Gasteiger partial charge in [-0.25, -0.2) is 9.78 Å². The van der Waals surface area contributed by atoms with E-state index in [2.05, 4.69) is 10.3 Å². The Morgan fingerprint density at radius 3 is 2.36 bits per heavy atom. The van der Waals surface area contributed by atoms with Crippen molar-refractivity contribution in [2.75, 3.05) is 0 Å². The first-order valence-corrected chi connectivity index (χ1v) is 8.16. The van der Waals surface area contributed by atoms with Crippen molar-refractivity contribution in [1.29, 1.82) is 0 Å². The van der Waals surface area contributed by atoms with Crippen LogP contribution in [0.1, 0.15) is 35.3 Å². The van der Waals surface area contributed by atoms with Gasteiger partial charge in [0.15, 0.2) is 0 Å². The summed E-state index contributed by atoms with van der Waals surface area (Å²) in [7, 11) is 0. The number of carbonyl (C=O) groups is 2. The fraction of sp³-hybridized carbons (Fsp3) is 0.316. The monoisotopic (exact) mass is 340 g/mol. The molecule has 0 saturated heterocycles. The zero-order chi connectivity index (χ0) is 18.0. The van der Waals surface area contributed by atoms with Crippen LogP contribution in [0, 0.1) is 0 Å².